The Morgan fingerprint density at radius 3 is 2.44 bits per heavy atom. The van der Waals surface area contributed by atoms with Crippen LogP contribution >= 0.6 is 15.9 Å². The standard InChI is InChI=1S/C11H9BrN4/c1-7-4-11(8(2)3-10(7)12)16-15-9(5-13)6-14/h3-4,16H,1-2H3. The number of hydrogen-bond acceptors (Lipinski definition) is 4. The molecule has 0 radical (unpaired) electrons. The van der Waals surface area contributed by atoms with Gasteiger partial charge in [0.05, 0.1) is 5.69 Å². The Kier molecular flexibility index (Phi) is 4.04. The Labute approximate surface area is 102 Å². The van der Waals surface area contributed by atoms with Crippen molar-refractivity contribution in [3.05, 3.63) is 27.7 Å². The molecule has 16 heavy (non-hydrogen) atoms. The zero-order chi connectivity index (χ0) is 12.1. The van der Waals surface area contributed by atoms with E-state index in [1.165, 1.54) is 0 Å². The first kappa shape index (κ1) is 12.2. The third kappa shape index (κ3) is 2.82. The molecule has 0 aromatic heterocycles. The molecule has 5 heteroatoms. The Bertz CT molecular complexity index is 504. The number of nitriles is 2. The second kappa shape index (κ2) is 5.29. The number of aryl methyl sites for hydroxylation is 2. The van der Waals surface area contributed by atoms with Crippen LogP contribution in [0.1, 0.15) is 11.1 Å². The van der Waals surface area contributed by atoms with E-state index in [0.29, 0.717) is 0 Å². The summed E-state index contributed by atoms with van der Waals surface area (Å²) in [6.45, 7) is 3.87. The van der Waals surface area contributed by atoms with E-state index in [0.717, 1.165) is 21.3 Å². The van der Waals surface area contributed by atoms with Crippen LogP contribution < -0.4 is 5.43 Å². The number of nitrogens with zero attached hydrogens (tertiary/aromatic N) is 3. The maximum atomic E-state index is 8.52. The molecule has 0 saturated carbocycles. The van der Waals surface area contributed by atoms with Crippen molar-refractivity contribution < 1.29 is 0 Å². The molecule has 0 aliphatic rings. The minimum Gasteiger partial charge on any atom is -0.276 e. The summed E-state index contributed by atoms with van der Waals surface area (Å²) in [6, 6.07) is 7.22. The van der Waals surface area contributed by atoms with Gasteiger partial charge >= 0.3 is 0 Å². The molecular weight excluding hydrogens is 268 g/mol. The van der Waals surface area contributed by atoms with E-state index >= 15 is 0 Å². The lowest BCUT2D eigenvalue weighted by Gasteiger charge is -2.07. The van der Waals surface area contributed by atoms with Crippen LogP contribution in [0.4, 0.5) is 5.69 Å². The number of anilines is 1. The summed E-state index contributed by atoms with van der Waals surface area (Å²) < 4.78 is 1.01. The van der Waals surface area contributed by atoms with Gasteiger partial charge in [0, 0.05) is 4.47 Å². The molecule has 0 fully saturated rings. The first-order chi connectivity index (χ1) is 7.58. The summed E-state index contributed by atoms with van der Waals surface area (Å²) in [6.07, 6.45) is 0. The molecule has 0 atom stereocenters. The monoisotopic (exact) mass is 276 g/mol. The van der Waals surface area contributed by atoms with Crippen molar-refractivity contribution in [1.29, 1.82) is 10.5 Å². The van der Waals surface area contributed by atoms with Gasteiger partial charge in [-0.05, 0) is 37.1 Å². The van der Waals surface area contributed by atoms with Crippen molar-refractivity contribution in [2.24, 2.45) is 5.10 Å². The van der Waals surface area contributed by atoms with E-state index in [-0.39, 0.29) is 5.71 Å². The van der Waals surface area contributed by atoms with Crippen LogP contribution in [0.3, 0.4) is 0 Å². The molecule has 0 heterocycles. The summed E-state index contributed by atoms with van der Waals surface area (Å²) in [4.78, 5) is 0. The first-order valence-electron chi connectivity index (χ1n) is 4.49. The van der Waals surface area contributed by atoms with Crippen LogP contribution in [-0.4, -0.2) is 5.71 Å². The topological polar surface area (TPSA) is 72.0 Å². The zero-order valence-corrected chi connectivity index (χ0v) is 10.5. The van der Waals surface area contributed by atoms with Crippen molar-refractivity contribution in [2.75, 3.05) is 5.43 Å². The average Bonchev–Trinajstić information content (AvgIpc) is 2.26. The largest absolute Gasteiger partial charge is 0.276 e. The van der Waals surface area contributed by atoms with Gasteiger partial charge in [0.1, 0.15) is 12.1 Å². The van der Waals surface area contributed by atoms with Gasteiger partial charge in [0.15, 0.2) is 0 Å². The van der Waals surface area contributed by atoms with Crippen LogP contribution in [0.15, 0.2) is 21.7 Å². The normalized spacial score (nSPS) is 8.81. The maximum Gasteiger partial charge on any atom is 0.237 e. The van der Waals surface area contributed by atoms with Gasteiger partial charge in [-0.25, -0.2) is 0 Å². The molecule has 0 bridgehead atoms. The third-order valence-corrected chi connectivity index (χ3v) is 2.86. The number of nitrogens with one attached hydrogen (secondary N) is 1. The van der Waals surface area contributed by atoms with E-state index in [9.17, 15) is 0 Å². The number of hydrogen-bond donors (Lipinski definition) is 1. The SMILES string of the molecule is Cc1cc(NN=C(C#N)C#N)c(C)cc1Br. The summed E-state index contributed by atoms with van der Waals surface area (Å²) in [5.41, 5.74) is 5.33. The quantitative estimate of drug-likeness (QED) is 0.667. The summed E-state index contributed by atoms with van der Waals surface area (Å²) in [7, 11) is 0. The average molecular weight is 277 g/mol. The van der Waals surface area contributed by atoms with Gasteiger partial charge < -0.3 is 0 Å². The number of hydrazone groups is 1. The molecule has 0 aliphatic heterocycles. The second-order valence-electron chi connectivity index (χ2n) is 3.21. The number of rotatable bonds is 2. The molecule has 0 aliphatic carbocycles. The molecule has 1 rings (SSSR count). The third-order valence-electron chi connectivity index (χ3n) is 2.01. The van der Waals surface area contributed by atoms with Crippen molar-refractivity contribution in [2.45, 2.75) is 13.8 Å². The lowest BCUT2D eigenvalue weighted by molar-refractivity contribution is 1.27. The molecule has 80 valence electrons. The lowest BCUT2D eigenvalue weighted by Crippen LogP contribution is -1.98. The second-order valence-corrected chi connectivity index (χ2v) is 4.07. The van der Waals surface area contributed by atoms with Gasteiger partial charge in [-0.3, -0.25) is 5.43 Å². The highest BCUT2D eigenvalue weighted by Crippen LogP contribution is 2.24. The van der Waals surface area contributed by atoms with Gasteiger partial charge in [-0.1, -0.05) is 15.9 Å². The van der Waals surface area contributed by atoms with Gasteiger partial charge in [-0.15, -0.1) is 0 Å². The Morgan fingerprint density at radius 2 is 1.88 bits per heavy atom. The van der Waals surface area contributed by atoms with E-state index < -0.39 is 0 Å². The first-order valence-corrected chi connectivity index (χ1v) is 5.28. The molecule has 0 amide bonds. The predicted octanol–water partition coefficient (Wildman–Crippen LogP) is 2.88. The highest BCUT2D eigenvalue weighted by atomic mass is 79.9. The minimum absolute atomic E-state index is 0.194. The van der Waals surface area contributed by atoms with Crippen LogP contribution in [-0.2, 0) is 0 Å². The molecule has 1 aromatic carbocycles. The summed E-state index contributed by atoms with van der Waals surface area (Å²) in [5.74, 6) is 0. The van der Waals surface area contributed by atoms with E-state index in [1.54, 1.807) is 12.1 Å². The highest BCUT2D eigenvalue weighted by Gasteiger charge is 2.02. The van der Waals surface area contributed by atoms with Gasteiger partial charge in [0.2, 0.25) is 5.71 Å². The fraction of sp³-hybridized carbons (Fsp3) is 0.182. The van der Waals surface area contributed by atoms with Crippen LogP contribution in [0.2, 0.25) is 0 Å². The van der Waals surface area contributed by atoms with Crippen molar-refractivity contribution in [1.82, 2.24) is 0 Å². The van der Waals surface area contributed by atoms with Gasteiger partial charge in [-0.2, -0.15) is 15.6 Å². The van der Waals surface area contributed by atoms with Crippen LogP contribution in [0.5, 0.6) is 0 Å². The van der Waals surface area contributed by atoms with Crippen LogP contribution in [0, 0.1) is 36.5 Å². The summed E-state index contributed by atoms with van der Waals surface area (Å²) in [5, 5.41) is 20.7. The highest BCUT2D eigenvalue weighted by molar-refractivity contribution is 9.10. The van der Waals surface area contributed by atoms with E-state index in [4.69, 9.17) is 10.5 Å². The molecule has 0 saturated heterocycles. The lowest BCUT2D eigenvalue weighted by atomic mass is 10.1. The van der Waals surface area contributed by atoms with Crippen molar-refractivity contribution >= 4 is 27.3 Å². The maximum absolute atomic E-state index is 8.52. The number of halogens is 1. The van der Waals surface area contributed by atoms with Crippen LogP contribution in [0.25, 0.3) is 0 Å². The van der Waals surface area contributed by atoms with Gasteiger partial charge in [0.25, 0.3) is 0 Å². The Morgan fingerprint density at radius 1 is 1.25 bits per heavy atom. The van der Waals surface area contributed by atoms with Crippen molar-refractivity contribution in [3.63, 3.8) is 0 Å². The molecule has 0 unspecified atom stereocenters. The number of benzene rings is 1. The molecular formula is C11H9BrN4. The van der Waals surface area contributed by atoms with Crippen molar-refractivity contribution in [3.8, 4) is 12.1 Å². The fourth-order valence-electron chi connectivity index (χ4n) is 1.09. The van der Waals surface area contributed by atoms with E-state index in [1.807, 2.05) is 26.0 Å². The fourth-order valence-corrected chi connectivity index (χ4v) is 1.55. The Hall–Kier alpha value is -1.85. The summed E-state index contributed by atoms with van der Waals surface area (Å²) >= 11 is 3.42. The van der Waals surface area contributed by atoms with E-state index in [2.05, 4.69) is 26.5 Å². The molecule has 4 nitrogen and oxygen atoms in total. The molecule has 1 N–H and O–H groups in total. The molecule has 0 spiro atoms. The zero-order valence-electron chi connectivity index (χ0n) is 8.87. The smallest absolute Gasteiger partial charge is 0.237 e. The molecule has 1 aromatic rings. The predicted molar refractivity (Wildman–Crippen MR) is 65.9 cm³/mol. The minimum atomic E-state index is -0.194. The Balaban J connectivity index is 3.01.